The second kappa shape index (κ2) is 5.48. The molecule has 0 aliphatic heterocycles. The fourth-order valence-corrected chi connectivity index (χ4v) is 2.97. The normalized spacial score (nSPS) is 14.5. The molecular formula is C15H18OS. The van der Waals surface area contributed by atoms with Crippen molar-refractivity contribution in [3.8, 4) is 0 Å². The van der Waals surface area contributed by atoms with E-state index in [9.17, 15) is 5.11 Å². The number of aliphatic hydroxyl groups excluding tert-OH is 1. The maximum atomic E-state index is 10.4. The number of benzene rings is 1. The summed E-state index contributed by atoms with van der Waals surface area (Å²) in [5.41, 5.74) is 1.19. The van der Waals surface area contributed by atoms with Crippen LogP contribution >= 0.6 is 11.3 Å². The Kier molecular flexibility index (Phi) is 3.97. The molecule has 0 amide bonds. The minimum atomic E-state index is -0.400. The van der Waals surface area contributed by atoms with Gasteiger partial charge in [0.25, 0.3) is 0 Å². The lowest BCUT2D eigenvalue weighted by Gasteiger charge is -2.17. The summed E-state index contributed by atoms with van der Waals surface area (Å²) < 4.78 is 0. The summed E-state index contributed by atoms with van der Waals surface area (Å²) in [7, 11) is 0. The lowest BCUT2D eigenvalue weighted by molar-refractivity contribution is 0.155. The number of rotatable bonds is 4. The smallest absolute Gasteiger partial charge is 0.0947 e. The van der Waals surface area contributed by atoms with Crippen LogP contribution in [-0.2, 0) is 6.42 Å². The van der Waals surface area contributed by atoms with E-state index < -0.39 is 6.10 Å². The van der Waals surface area contributed by atoms with Gasteiger partial charge in [0.1, 0.15) is 0 Å². The Morgan fingerprint density at radius 1 is 1.12 bits per heavy atom. The van der Waals surface area contributed by atoms with E-state index in [2.05, 4.69) is 32.0 Å². The molecule has 2 atom stereocenters. The first-order valence-electron chi connectivity index (χ1n) is 6.04. The predicted molar refractivity (Wildman–Crippen MR) is 73.5 cm³/mol. The van der Waals surface area contributed by atoms with Crippen molar-refractivity contribution in [3.63, 3.8) is 0 Å². The zero-order chi connectivity index (χ0) is 12.3. The molecule has 0 saturated carbocycles. The van der Waals surface area contributed by atoms with E-state index in [0.717, 1.165) is 11.3 Å². The van der Waals surface area contributed by atoms with Gasteiger partial charge in [0.2, 0.25) is 0 Å². The Labute approximate surface area is 107 Å². The van der Waals surface area contributed by atoms with E-state index in [1.165, 1.54) is 10.4 Å². The van der Waals surface area contributed by atoms with Crippen LogP contribution in [0.15, 0.2) is 42.5 Å². The average molecular weight is 246 g/mol. The second-order valence-corrected chi connectivity index (χ2v) is 5.50. The van der Waals surface area contributed by atoms with Crippen molar-refractivity contribution >= 4 is 11.3 Å². The Bertz CT molecular complexity index is 461. The largest absolute Gasteiger partial charge is 0.387 e. The SMILES string of the molecule is CCc1ccc(C(O)C(C)c2ccccc2)s1. The summed E-state index contributed by atoms with van der Waals surface area (Å²) in [5.74, 6) is 0.138. The van der Waals surface area contributed by atoms with Gasteiger partial charge in [0.15, 0.2) is 0 Å². The highest BCUT2D eigenvalue weighted by molar-refractivity contribution is 7.12. The third-order valence-electron chi connectivity index (χ3n) is 3.12. The molecule has 0 bridgehead atoms. The van der Waals surface area contributed by atoms with Gasteiger partial charge in [0, 0.05) is 15.7 Å². The minimum absolute atomic E-state index is 0.138. The summed E-state index contributed by atoms with van der Waals surface area (Å²) in [4.78, 5) is 2.40. The molecule has 0 aliphatic carbocycles. The van der Waals surface area contributed by atoms with Gasteiger partial charge < -0.3 is 5.11 Å². The van der Waals surface area contributed by atoms with Gasteiger partial charge in [-0.25, -0.2) is 0 Å². The maximum Gasteiger partial charge on any atom is 0.0947 e. The lowest BCUT2D eigenvalue weighted by Crippen LogP contribution is -2.05. The van der Waals surface area contributed by atoms with Crippen molar-refractivity contribution in [3.05, 3.63) is 57.8 Å². The van der Waals surface area contributed by atoms with Gasteiger partial charge in [-0.15, -0.1) is 11.3 Å². The van der Waals surface area contributed by atoms with Crippen molar-refractivity contribution in [2.45, 2.75) is 32.3 Å². The van der Waals surface area contributed by atoms with E-state index in [-0.39, 0.29) is 5.92 Å². The van der Waals surface area contributed by atoms with E-state index >= 15 is 0 Å². The molecule has 1 aromatic heterocycles. The molecule has 1 heterocycles. The van der Waals surface area contributed by atoms with Crippen molar-refractivity contribution in [1.29, 1.82) is 0 Å². The molecule has 0 spiro atoms. The number of thiophene rings is 1. The zero-order valence-electron chi connectivity index (χ0n) is 10.3. The molecule has 2 rings (SSSR count). The molecule has 0 fully saturated rings. The van der Waals surface area contributed by atoms with Gasteiger partial charge >= 0.3 is 0 Å². The van der Waals surface area contributed by atoms with Crippen molar-refractivity contribution in [2.24, 2.45) is 0 Å². The van der Waals surface area contributed by atoms with Gasteiger partial charge in [-0.3, -0.25) is 0 Å². The first kappa shape index (κ1) is 12.3. The summed E-state index contributed by atoms with van der Waals surface area (Å²) in [6.07, 6.45) is 0.639. The number of hydrogen-bond donors (Lipinski definition) is 1. The van der Waals surface area contributed by atoms with Crippen LogP contribution in [0.2, 0.25) is 0 Å². The molecule has 2 unspecified atom stereocenters. The highest BCUT2D eigenvalue weighted by Gasteiger charge is 2.19. The lowest BCUT2D eigenvalue weighted by atomic mass is 9.94. The van der Waals surface area contributed by atoms with Crippen LogP contribution in [-0.4, -0.2) is 5.11 Å². The second-order valence-electron chi connectivity index (χ2n) is 4.30. The number of aliphatic hydroxyl groups is 1. The molecule has 0 radical (unpaired) electrons. The van der Waals surface area contributed by atoms with Crippen LogP contribution < -0.4 is 0 Å². The molecule has 1 nitrogen and oxygen atoms in total. The molecule has 2 heteroatoms. The first-order chi connectivity index (χ1) is 8.22. The maximum absolute atomic E-state index is 10.4. The average Bonchev–Trinajstić information content (AvgIpc) is 2.87. The van der Waals surface area contributed by atoms with Crippen molar-refractivity contribution < 1.29 is 5.11 Å². The van der Waals surface area contributed by atoms with Crippen molar-refractivity contribution in [2.75, 3.05) is 0 Å². The third kappa shape index (κ3) is 2.76. The number of hydrogen-bond acceptors (Lipinski definition) is 2. The van der Waals surface area contributed by atoms with Crippen LogP contribution in [0.1, 0.15) is 41.2 Å². The topological polar surface area (TPSA) is 20.2 Å². The van der Waals surface area contributed by atoms with Gasteiger partial charge in [-0.1, -0.05) is 44.2 Å². The Morgan fingerprint density at radius 3 is 2.41 bits per heavy atom. The van der Waals surface area contributed by atoms with Crippen LogP contribution in [0, 0.1) is 0 Å². The van der Waals surface area contributed by atoms with E-state index in [1.807, 2.05) is 24.3 Å². The van der Waals surface area contributed by atoms with Crippen LogP contribution in [0.4, 0.5) is 0 Å². The van der Waals surface area contributed by atoms with E-state index in [4.69, 9.17) is 0 Å². The van der Waals surface area contributed by atoms with Crippen LogP contribution in [0.25, 0.3) is 0 Å². The van der Waals surface area contributed by atoms with Crippen LogP contribution in [0.5, 0.6) is 0 Å². The Morgan fingerprint density at radius 2 is 1.82 bits per heavy atom. The molecule has 1 aromatic carbocycles. The molecule has 2 aromatic rings. The summed E-state index contributed by atoms with van der Waals surface area (Å²) in [6.45, 7) is 4.22. The van der Waals surface area contributed by atoms with Crippen LogP contribution in [0.3, 0.4) is 0 Å². The molecule has 0 aliphatic rings. The fraction of sp³-hybridized carbons (Fsp3) is 0.333. The number of aryl methyl sites for hydroxylation is 1. The summed E-state index contributed by atoms with van der Waals surface area (Å²) >= 11 is 1.71. The van der Waals surface area contributed by atoms with E-state index in [1.54, 1.807) is 11.3 Å². The highest BCUT2D eigenvalue weighted by atomic mass is 32.1. The quantitative estimate of drug-likeness (QED) is 0.859. The third-order valence-corrected chi connectivity index (χ3v) is 4.42. The fourth-order valence-electron chi connectivity index (χ4n) is 1.93. The molecule has 1 N–H and O–H groups in total. The van der Waals surface area contributed by atoms with Gasteiger partial charge in [0.05, 0.1) is 6.10 Å². The molecule has 90 valence electrons. The Balaban J connectivity index is 2.17. The zero-order valence-corrected chi connectivity index (χ0v) is 11.1. The molecule has 0 saturated heterocycles. The molecular weight excluding hydrogens is 228 g/mol. The van der Waals surface area contributed by atoms with Gasteiger partial charge in [-0.2, -0.15) is 0 Å². The van der Waals surface area contributed by atoms with E-state index in [0.29, 0.717) is 0 Å². The summed E-state index contributed by atoms with van der Waals surface area (Å²) in [6, 6.07) is 14.3. The summed E-state index contributed by atoms with van der Waals surface area (Å²) in [5, 5.41) is 10.4. The Hall–Kier alpha value is -1.12. The van der Waals surface area contributed by atoms with Gasteiger partial charge in [-0.05, 0) is 24.1 Å². The molecule has 17 heavy (non-hydrogen) atoms. The highest BCUT2D eigenvalue weighted by Crippen LogP contribution is 2.34. The van der Waals surface area contributed by atoms with Crippen molar-refractivity contribution in [1.82, 2.24) is 0 Å². The minimum Gasteiger partial charge on any atom is -0.387 e. The monoisotopic (exact) mass is 246 g/mol. The predicted octanol–water partition coefficient (Wildman–Crippen LogP) is 4.15. The first-order valence-corrected chi connectivity index (χ1v) is 6.85. The standard InChI is InChI=1S/C15H18OS/c1-3-13-9-10-14(17-13)15(16)11(2)12-7-5-4-6-8-12/h4-11,15-16H,3H2,1-2H3.